The highest BCUT2D eigenvalue weighted by Crippen LogP contribution is 2.37. The number of nitrogens with zero attached hydrogens (tertiary/aromatic N) is 2. The zero-order chi connectivity index (χ0) is 29.4. The monoisotopic (exact) mass is 560 g/mol. The molecule has 1 atom stereocenters. The lowest BCUT2D eigenvalue weighted by Crippen LogP contribution is -2.46. The predicted molar refractivity (Wildman–Crippen MR) is 139 cm³/mol. The van der Waals surface area contributed by atoms with Crippen LogP contribution in [0.5, 0.6) is 0 Å². The van der Waals surface area contributed by atoms with Crippen LogP contribution in [-0.2, 0) is 25.2 Å². The van der Waals surface area contributed by atoms with E-state index >= 15 is 0 Å². The summed E-state index contributed by atoms with van der Waals surface area (Å²) in [5.74, 6) is -1.17. The Hall–Kier alpha value is -4.39. The first-order valence-electron chi connectivity index (χ1n) is 12.2. The van der Waals surface area contributed by atoms with Crippen LogP contribution >= 0.6 is 0 Å². The summed E-state index contributed by atoms with van der Waals surface area (Å²) in [6, 6.07) is 10.9. The smallest absolute Gasteiger partial charge is 0.417 e. The molecule has 13 heteroatoms. The highest BCUT2D eigenvalue weighted by Gasteiger charge is 2.44. The number of aromatic amines is 1. The van der Waals surface area contributed by atoms with Gasteiger partial charge in [0.1, 0.15) is 12.1 Å². The third-order valence-electron chi connectivity index (χ3n) is 6.59. The number of hydrogen-bond donors (Lipinski definition) is 2. The highest BCUT2D eigenvalue weighted by atomic mass is 19.4. The highest BCUT2D eigenvalue weighted by molar-refractivity contribution is 5.95. The molecular weight excluding hydrogens is 533 g/mol. The topological polar surface area (TPSA) is 135 Å². The van der Waals surface area contributed by atoms with Crippen molar-refractivity contribution in [1.82, 2.24) is 9.88 Å². The van der Waals surface area contributed by atoms with Crippen molar-refractivity contribution in [3.8, 4) is 11.3 Å². The summed E-state index contributed by atoms with van der Waals surface area (Å²) < 4.78 is 51.5. The minimum absolute atomic E-state index is 0.00111. The number of pyridine rings is 1. The molecule has 2 amide bonds. The lowest BCUT2D eigenvalue weighted by molar-refractivity contribution is -0.167. The fraction of sp³-hybridized carbons (Fsp3) is 0.333. The molecule has 1 fully saturated rings. The Morgan fingerprint density at radius 1 is 1.15 bits per heavy atom. The van der Waals surface area contributed by atoms with Crippen LogP contribution in [0.1, 0.15) is 19.4 Å². The maximum atomic E-state index is 13.5. The molecule has 10 nitrogen and oxygen atoms in total. The Labute approximate surface area is 226 Å². The third-order valence-corrected chi connectivity index (χ3v) is 6.59. The van der Waals surface area contributed by atoms with Crippen molar-refractivity contribution in [1.29, 1.82) is 0 Å². The van der Waals surface area contributed by atoms with E-state index < -0.39 is 47.0 Å². The summed E-state index contributed by atoms with van der Waals surface area (Å²) >= 11 is 0. The van der Waals surface area contributed by atoms with Gasteiger partial charge in [-0.1, -0.05) is 24.3 Å². The molecule has 4 rings (SSSR count). The number of H-pyrrole nitrogens is 1. The van der Waals surface area contributed by atoms with E-state index in [1.165, 1.54) is 54.4 Å². The molecule has 1 aliphatic rings. The number of cyclic esters (lactones) is 1. The Kier molecular flexibility index (Phi) is 7.61. The number of halogens is 3. The molecule has 1 aromatic heterocycles. The van der Waals surface area contributed by atoms with Crippen molar-refractivity contribution in [3.63, 3.8) is 0 Å². The second kappa shape index (κ2) is 10.6. The van der Waals surface area contributed by atoms with Crippen molar-refractivity contribution in [2.24, 2.45) is 5.73 Å². The third kappa shape index (κ3) is 5.78. The van der Waals surface area contributed by atoms with Gasteiger partial charge in [-0.2, -0.15) is 13.2 Å². The normalized spacial score (nSPS) is 15.7. The van der Waals surface area contributed by atoms with E-state index in [1.807, 2.05) is 0 Å². The maximum Gasteiger partial charge on any atom is 0.417 e. The molecule has 1 aliphatic heterocycles. The number of alkyl halides is 3. The summed E-state index contributed by atoms with van der Waals surface area (Å²) in [5.41, 5.74) is 2.66. The summed E-state index contributed by atoms with van der Waals surface area (Å²) in [6.07, 6.45) is -6.23. The Morgan fingerprint density at radius 3 is 2.52 bits per heavy atom. The Morgan fingerprint density at radius 2 is 1.85 bits per heavy atom. The van der Waals surface area contributed by atoms with E-state index in [0.717, 1.165) is 11.0 Å². The fourth-order valence-electron chi connectivity index (χ4n) is 4.39. The standard InChI is InChI=1S/C27H27F3N4O6/c1-26(2,40-23(36)14-33(3)22(35)12-31)21-13-34(25(38)39-21)16-9-8-15-10-20(32-24(37)18(15)11-16)17-6-4-5-7-19(17)27(28,29)30/h4-11,21H,12-14,31H2,1-3H3,(H,32,37). The van der Waals surface area contributed by atoms with Crippen molar-refractivity contribution in [3.05, 3.63) is 64.4 Å². The van der Waals surface area contributed by atoms with Gasteiger partial charge in [-0.25, -0.2) is 4.79 Å². The minimum Gasteiger partial charge on any atom is -0.454 e. The number of anilines is 1. The van der Waals surface area contributed by atoms with Gasteiger partial charge in [0.05, 0.1) is 18.7 Å². The van der Waals surface area contributed by atoms with Crippen molar-refractivity contribution >= 4 is 34.4 Å². The van der Waals surface area contributed by atoms with Crippen LogP contribution in [0.4, 0.5) is 23.7 Å². The summed E-state index contributed by atoms with van der Waals surface area (Å²) in [6.45, 7) is 2.49. The molecule has 3 aromatic rings. The van der Waals surface area contributed by atoms with E-state index in [0.29, 0.717) is 11.1 Å². The van der Waals surface area contributed by atoms with Crippen molar-refractivity contribution in [2.75, 3.05) is 31.6 Å². The molecule has 0 bridgehead atoms. The molecule has 1 saturated heterocycles. The minimum atomic E-state index is -4.61. The first kappa shape index (κ1) is 28.6. The maximum absolute atomic E-state index is 13.5. The molecular formula is C27H27F3N4O6. The van der Waals surface area contributed by atoms with Crippen molar-refractivity contribution < 1.29 is 37.0 Å². The van der Waals surface area contributed by atoms with Crippen LogP contribution in [0.25, 0.3) is 22.0 Å². The first-order valence-corrected chi connectivity index (χ1v) is 12.2. The molecule has 212 valence electrons. The van der Waals surface area contributed by atoms with Gasteiger partial charge >= 0.3 is 18.2 Å². The number of ether oxygens (including phenoxy) is 2. The molecule has 0 spiro atoms. The van der Waals surface area contributed by atoms with Crippen LogP contribution in [0.2, 0.25) is 0 Å². The molecule has 0 aliphatic carbocycles. The van der Waals surface area contributed by atoms with E-state index in [4.69, 9.17) is 15.2 Å². The Bertz CT molecular complexity index is 1530. The van der Waals surface area contributed by atoms with Crippen LogP contribution < -0.4 is 16.2 Å². The average molecular weight is 561 g/mol. The number of benzene rings is 2. The number of esters is 1. The van der Waals surface area contributed by atoms with E-state index in [9.17, 15) is 32.3 Å². The lowest BCUT2D eigenvalue weighted by Gasteiger charge is -2.30. The number of amides is 2. The van der Waals surface area contributed by atoms with Gasteiger partial charge in [0, 0.05) is 29.4 Å². The van der Waals surface area contributed by atoms with Gasteiger partial charge in [-0.05, 0) is 43.5 Å². The van der Waals surface area contributed by atoms with E-state index in [-0.39, 0.29) is 36.3 Å². The van der Waals surface area contributed by atoms with Gasteiger partial charge in [-0.3, -0.25) is 19.3 Å². The van der Waals surface area contributed by atoms with Crippen LogP contribution in [-0.4, -0.2) is 66.2 Å². The molecule has 3 N–H and O–H groups in total. The largest absolute Gasteiger partial charge is 0.454 e. The summed E-state index contributed by atoms with van der Waals surface area (Å²) in [5, 5.41) is 0.522. The van der Waals surface area contributed by atoms with Crippen LogP contribution in [0.3, 0.4) is 0 Å². The zero-order valence-corrected chi connectivity index (χ0v) is 21.9. The molecule has 0 radical (unpaired) electrons. The number of aromatic nitrogens is 1. The van der Waals surface area contributed by atoms with E-state index in [2.05, 4.69) is 4.98 Å². The molecule has 1 unspecified atom stereocenters. The van der Waals surface area contributed by atoms with E-state index in [1.54, 1.807) is 13.8 Å². The predicted octanol–water partition coefficient (Wildman–Crippen LogP) is 3.28. The molecule has 2 aromatic carbocycles. The fourth-order valence-corrected chi connectivity index (χ4v) is 4.39. The van der Waals surface area contributed by atoms with Crippen molar-refractivity contribution in [2.45, 2.75) is 31.7 Å². The zero-order valence-electron chi connectivity index (χ0n) is 21.9. The number of nitrogens with two attached hydrogens (primary N) is 1. The number of likely N-dealkylation sites (N-methyl/N-ethyl adjacent to an activating group) is 1. The first-order chi connectivity index (χ1) is 18.7. The number of nitrogens with one attached hydrogen (secondary N) is 1. The van der Waals surface area contributed by atoms with Gasteiger partial charge in [0.25, 0.3) is 5.56 Å². The van der Waals surface area contributed by atoms with Crippen LogP contribution in [0.15, 0.2) is 53.3 Å². The number of fused-ring (bicyclic) bond motifs is 1. The SMILES string of the molecule is CN(CC(=O)OC(C)(C)C1CN(c2ccc3cc(-c4ccccc4C(F)(F)F)[nH]c(=O)c3c2)C(=O)O1)C(=O)CN. The molecule has 2 heterocycles. The second-order valence-corrected chi connectivity index (χ2v) is 9.84. The number of rotatable bonds is 7. The summed E-state index contributed by atoms with van der Waals surface area (Å²) in [4.78, 5) is 54.5. The molecule has 0 saturated carbocycles. The Balaban J connectivity index is 1.56. The average Bonchev–Trinajstić information content (AvgIpc) is 3.29. The number of carbonyl (C=O) groups excluding carboxylic acids is 3. The quantitative estimate of drug-likeness (QED) is 0.424. The van der Waals surface area contributed by atoms with Gasteiger partial charge in [-0.15, -0.1) is 0 Å². The lowest BCUT2D eigenvalue weighted by atomic mass is 10.0. The second-order valence-electron chi connectivity index (χ2n) is 9.84. The number of hydrogen-bond acceptors (Lipinski definition) is 7. The summed E-state index contributed by atoms with van der Waals surface area (Å²) in [7, 11) is 1.40. The van der Waals surface area contributed by atoms with Gasteiger partial charge in [0.15, 0.2) is 6.10 Å². The van der Waals surface area contributed by atoms with Gasteiger partial charge < -0.3 is 25.1 Å². The van der Waals surface area contributed by atoms with Gasteiger partial charge in [0.2, 0.25) is 5.91 Å². The number of carbonyl (C=O) groups is 3. The molecule has 40 heavy (non-hydrogen) atoms. The van der Waals surface area contributed by atoms with Crippen LogP contribution in [0, 0.1) is 0 Å².